The van der Waals surface area contributed by atoms with Gasteiger partial charge in [-0.1, -0.05) is 18.2 Å². The smallest absolute Gasteiger partial charge is 0.342 e. The summed E-state index contributed by atoms with van der Waals surface area (Å²) in [5, 5.41) is 13.1. The Morgan fingerprint density at radius 3 is 2.90 bits per heavy atom. The molecule has 2 rings (SSSR count). The molecule has 0 aliphatic carbocycles. The zero-order chi connectivity index (χ0) is 15.2. The highest BCUT2D eigenvalue weighted by atomic mass is 32.1. The number of ether oxygens (including phenoxy) is 1. The van der Waals surface area contributed by atoms with Crippen molar-refractivity contribution in [1.82, 2.24) is 10.6 Å². The van der Waals surface area contributed by atoms with Crippen molar-refractivity contribution < 1.29 is 9.15 Å². The third-order valence-electron chi connectivity index (χ3n) is 2.58. The molecule has 8 heteroatoms. The average molecular weight is 306 g/mol. The van der Waals surface area contributed by atoms with E-state index in [4.69, 9.17) is 32.5 Å². The molecule has 0 radical (unpaired) electrons. The minimum absolute atomic E-state index is 0.000920. The molecule has 1 heterocycles. The number of hydrogen-bond donors (Lipinski definition) is 4. The molecule has 0 aliphatic heterocycles. The van der Waals surface area contributed by atoms with Crippen molar-refractivity contribution in [2.24, 2.45) is 5.73 Å². The van der Waals surface area contributed by atoms with Crippen LogP contribution < -0.4 is 22.0 Å². The van der Waals surface area contributed by atoms with Gasteiger partial charge in [0, 0.05) is 5.39 Å². The van der Waals surface area contributed by atoms with Crippen LogP contribution in [0.3, 0.4) is 0 Å². The predicted octanol–water partition coefficient (Wildman–Crippen LogP) is 0.625. The van der Waals surface area contributed by atoms with Crippen molar-refractivity contribution >= 4 is 34.3 Å². The van der Waals surface area contributed by atoms with Crippen LogP contribution in [-0.2, 0) is 11.3 Å². The average Bonchev–Trinajstić information content (AvgIpc) is 2.44. The molecule has 0 saturated carbocycles. The van der Waals surface area contributed by atoms with Crippen molar-refractivity contribution in [2.75, 3.05) is 6.67 Å². The maximum absolute atomic E-state index is 11.8. The van der Waals surface area contributed by atoms with E-state index in [0.717, 1.165) is 5.39 Å². The summed E-state index contributed by atoms with van der Waals surface area (Å²) >= 11 is 4.93. The minimum atomic E-state index is -0.460. The number of hydrogen-bond acceptors (Lipinski definition) is 5. The Morgan fingerprint density at radius 2 is 2.14 bits per heavy atom. The van der Waals surface area contributed by atoms with E-state index in [1.54, 1.807) is 18.2 Å². The van der Waals surface area contributed by atoms with Crippen LogP contribution in [0.4, 0.5) is 0 Å². The lowest BCUT2D eigenvalue weighted by atomic mass is 10.2. The normalized spacial score (nSPS) is 10.1. The number of rotatable bonds is 4. The number of para-hydroxylation sites is 1. The molecule has 0 fully saturated rings. The van der Waals surface area contributed by atoms with Crippen molar-refractivity contribution in [3.63, 3.8) is 0 Å². The molecule has 0 bridgehead atoms. The molecule has 2 aromatic rings. The second-order valence-electron chi connectivity index (χ2n) is 4.12. The van der Waals surface area contributed by atoms with Gasteiger partial charge in [0.15, 0.2) is 5.96 Å². The number of nitrogens with two attached hydrogens (primary N) is 1. The zero-order valence-electron chi connectivity index (χ0n) is 11.0. The quantitative estimate of drug-likeness (QED) is 0.215. The fourth-order valence-corrected chi connectivity index (χ4v) is 1.74. The second-order valence-corrected chi connectivity index (χ2v) is 4.49. The van der Waals surface area contributed by atoms with Gasteiger partial charge < -0.3 is 25.5 Å². The Morgan fingerprint density at radius 1 is 1.38 bits per heavy atom. The van der Waals surface area contributed by atoms with Crippen LogP contribution in [0.15, 0.2) is 39.5 Å². The highest BCUT2D eigenvalue weighted by molar-refractivity contribution is 7.80. The third-order valence-corrected chi connectivity index (χ3v) is 2.85. The van der Waals surface area contributed by atoms with E-state index in [2.05, 4.69) is 10.6 Å². The lowest BCUT2D eigenvalue weighted by molar-refractivity contribution is 0.281. The Hall–Kier alpha value is -2.61. The molecule has 110 valence electrons. The summed E-state index contributed by atoms with van der Waals surface area (Å²) in [6, 6.07) is 8.92. The molecule has 1 aromatic carbocycles. The summed E-state index contributed by atoms with van der Waals surface area (Å²) in [6.45, 7) is 0.166. The fourth-order valence-electron chi connectivity index (χ4n) is 1.61. The predicted molar refractivity (Wildman–Crippen MR) is 82.9 cm³/mol. The molecule has 0 unspecified atom stereocenters. The standard InChI is InChI=1S/C13H14N4O3S/c14-12(15)16-7-17-13(21)19-6-9-5-8-3-1-2-4-10(8)20-11(9)18/h1-5H,6-7H2,(H,17,21)(H4,14,15,16). The fraction of sp³-hybridized carbons (Fsp3) is 0.154. The lowest BCUT2D eigenvalue weighted by Crippen LogP contribution is -2.40. The first-order valence-electron chi connectivity index (χ1n) is 6.06. The Labute approximate surface area is 125 Å². The zero-order valence-corrected chi connectivity index (χ0v) is 11.8. The van der Waals surface area contributed by atoms with Crippen molar-refractivity contribution in [3.05, 3.63) is 46.3 Å². The second kappa shape index (κ2) is 6.71. The summed E-state index contributed by atoms with van der Waals surface area (Å²) < 4.78 is 10.4. The van der Waals surface area contributed by atoms with Crippen LogP contribution in [0.2, 0.25) is 0 Å². The molecule has 21 heavy (non-hydrogen) atoms. The molecule has 5 N–H and O–H groups in total. The first kappa shape index (κ1) is 14.8. The van der Waals surface area contributed by atoms with Crippen LogP contribution in [0.1, 0.15) is 5.56 Å². The van der Waals surface area contributed by atoms with Gasteiger partial charge in [-0.25, -0.2) is 4.79 Å². The number of nitrogens with one attached hydrogen (secondary N) is 3. The molecule has 0 saturated heterocycles. The Balaban J connectivity index is 1.97. The van der Waals surface area contributed by atoms with Gasteiger partial charge in [-0.2, -0.15) is 0 Å². The first-order chi connectivity index (χ1) is 10.1. The van der Waals surface area contributed by atoms with Crippen LogP contribution in [-0.4, -0.2) is 17.8 Å². The van der Waals surface area contributed by atoms with Crippen molar-refractivity contribution in [3.8, 4) is 0 Å². The van der Waals surface area contributed by atoms with Crippen molar-refractivity contribution in [2.45, 2.75) is 6.61 Å². The summed E-state index contributed by atoms with van der Waals surface area (Å²) in [7, 11) is 0. The maximum Gasteiger partial charge on any atom is 0.342 e. The molecule has 0 atom stereocenters. The SMILES string of the molecule is N=C(N)NCNC(=S)OCc1cc2ccccc2oc1=O. The van der Waals surface area contributed by atoms with E-state index in [1.165, 1.54) is 0 Å². The first-order valence-corrected chi connectivity index (χ1v) is 6.47. The van der Waals surface area contributed by atoms with Gasteiger partial charge in [-0.3, -0.25) is 5.41 Å². The maximum atomic E-state index is 11.8. The molecule has 0 aliphatic rings. The monoisotopic (exact) mass is 306 g/mol. The number of fused-ring (bicyclic) bond motifs is 1. The molecule has 0 spiro atoms. The van der Waals surface area contributed by atoms with E-state index in [0.29, 0.717) is 11.1 Å². The highest BCUT2D eigenvalue weighted by Crippen LogP contribution is 2.12. The van der Waals surface area contributed by atoms with Gasteiger partial charge in [0.05, 0.1) is 12.2 Å². The molecule has 1 aromatic heterocycles. The van der Waals surface area contributed by atoms with E-state index in [1.807, 2.05) is 12.1 Å². The van der Waals surface area contributed by atoms with Gasteiger partial charge in [0.1, 0.15) is 12.2 Å². The van der Waals surface area contributed by atoms with Crippen LogP contribution in [0.5, 0.6) is 0 Å². The summed E-state index contributed by atoms with van der Waals surface area (Å²) in [6.07, 6.45) is 0. The van der Waals surface area contributed by atoms with E-state index >= 15 is 0 Å². The molecular formula is C13H14N4O3S. The summed E-state index contributed by atoms with van der Waals surface area (Å²) in [4.78, 5) is 11.8. The summed E-state index contributed by atoms with van der Waals surface area (Å²) in [5.74, 6) is -0.180. The third kappa shape index (κ3) is 4.18. The van der Waals surface area contributed by atoms with Crippen LogP contribution in [0, 0.1) is 5.41 Å². The van der Waals surface area contributed by atoms with Gasteiger partial charge in [0.25, 0.3) is 5.17 Å². The molecular weight excluding hydrogens is 292 g/mol. The number of guanidine groups is 1. The molecule has 7 nitrogen and oxygen atoms in total. The highest BCUT2D eigenvalue weighted by Gasteiger charge is 2.06. The number of benzene rings is 1. The van der Waals surface area contributed by atoms with E-state index in [9.17, 15) is 4.79 Å². The topological polar surface area (TPSA) is 113 Å². The van der Waals surface area contributed by atoms with Gasteiger partial charge in [0.2, 0.25) is 0 Å². The minimum Gasteiger partial charge on any atom is -0.466 e. The van der Waals surface area contributed by atoms with Crippen molar-refractivity contribution in [1.29, 1.82) is 5.41 Å². The van der Waals surface area contributed by atoms with E-state index < -0.39 is 5.63 Å². The van der Waals surface area contributed by atoms with E-state index in [-0.39, 0.29) is 24.4 Å². The largest absolute Gasteiger partial charge is 0.466 e. The Bertz CT molecular complexity index is 729. The molecule has 0 amide bonds. The van der Waals surface area contributed by atoms with Crippen LogP contribution >= 0.6 is 12.2 Å². The van der Waals surface area contributed by atoms with Gasteiger partial charge in [-0.15, -0.1) is 0 Å². The lowest BCUT2D eigenvalue weighted by Gasteiger charge is -2.10. The van der Waals surface area contributed by atoms with Gasteiger partial charge in [-0.05, 0) is 24.4 Å². The summed E-state index contributed by atoms with van der Waals surface area (Å²) in [5.41, 5.74) is 5.55. The Kier molecular flexibility index (Phi) is 4.72. The van der Waals surface area contributed by atoms with Gasteiger partial charge >= 0.3 is 5.63 Å². The van der Waals surface area contributed by atoms with Crippen LogP contribution in [0.25, 0.3) is 11.0 Å². The number of thiocarbonyl (C=S) groups is 1.